The zero-order valence-electron chi connectivity index (χ0n) is 27.3. The van der Waals surface area contributed by atoms with E-state index >= 15 is 0 Å². The normalized spacial score (nSPS) is 20.3. The van der Waals surface area contributed by atoms with E-state index in [1.54, 1.807) is 0 Å². The maximum atomic E-state index is 3.91. The average Bonchev–Trinajstić information content (AvgIpc) is 3.61. The number of nitrogens with one attached hydrogen (secondary N) is 2. The number of hydrogen-bond donors (Lipinski definition) is 2. The van der Waals surface area contributed by atoms with Crippen molar-refractivity contribution in [2.45, 2.75) is 23.9 Å². The second kappa shape index (κ2) is 8.53. The van der Waals surface area contributed by atoms with E-state index in [4.69, 9.17) is 0 Å². The predicted octanol–water partition coefficient (Wildman–Crippen LogP) is 11.2. The third kappa shape index (κ3) is 2.57. The summed E-state index contributed by atoms with van der Waals surface area (Å²) in [5, 5.41) is 13.3. The molecular formula is C48H30N2. The SMILES string of the molecule is c1ccc2c(c1)CNc1c-2cc2c3c(cccc13)C13c4ccccc4-c4ccccc4C21c1cc2c(c4cccc3c14)NCc1ccccc1-2. The minimum atomic E-state index is -0.481. The van der Waals surface area contributed by atoms with Crippen LogP contribution in [0.15, 0.2) is 146 Å². The first kappa shape index (κ1) is 25.8. The second-order valence-electron chi connectivity index (χ2n) is 14.8. The van der Waals surface area contributed by atoms with Gasteiger partial charge in [0, 0.05) is 35.0 Å². The van der Waals surface area contributed by atoms with Crippen LogP contribution >= 0.6 is 0 Å². The summed E-state index contributed by atoms with van der Waals surface area (Å²) in [5.41, 5.74) is 20.8. The van der Waals surface area contributed by atoms with Crippen LogP contribution in [0.1, 0.15) is 44.5 Å². The lowest BCUT2D eigenvalue weighted by Crippen LogP contribution is -2.48. The molecule has 232 valence electrons. The van der Waals surface area contributed by atoms with Gasteiger partial charge < -0.3 is 10.6 Å². The first-order chi connectivity index (χ1) is 24.8. The highest BCUT2D eigenvalue weighted by Gasteiger charge is 2.69. The van der Waals surface area contributed by atoms with Gasteiger partial charge in [-0.3, -0.25) is 0 Å². The Labute approximate surface area is 290 Å². The Morgan fingerprint density at radius 2 is 0.740 bits per heavy atom. The maximum absolute atomic E-state index is 3.91. The molecule has 0 spiro atoms. The van der Waals surface area contributed by atoms with Gasteiger partial charge in [-0.2, -0.15) is 0 Å². The quantitative estimate of drug-likeness (QED) is 0.173. The summed E-state index contributed by atoms with van der Waals surface area (Å²) in [6.07, 6.45) is 0. The molecule has 50 heavy (non-hydrogen) atoms. The molecule has 0 bridgehead atoms. The van der Waals surface area contributed by atoms with Gasteiger partial charge in [0.25, 0.3) is 0 Å². The molecule has 8 aromatic rings. The molecule has 2 heteroatoms. The van der Waals surface area contributed by atoms with E-state index < -0.39 is 10.8 Å². The highest BCUT2D eigenvalue weighted by Crippen LogP contribution is 2.76. The average molecular weight is 635 g/mol. The van der Waals surface area contributed by atoms with Crippen LogP contribution in [0.3, 0.4) is 0 Å². The summed E-state index contributed by atoms with van der Waals surface area (Å²) < 4.78 is 0. The van der Waals surface area contributed by atoms with Crippen LogP contribution < -0.4 is 10.6 Å². The van der Waals surface area contributed by atoms with Crippen molar-refractivity contribution >= 4 is 32.9 Å². The summed E-state index contributed by atoms with van der Waals surface area (Å²) in [6, 6.07) is 56.1. The van der Waals surface area contributed by atoms with Gasteiger partial charge >= 0.3 is 0 Å². The molecule has 5 aliphatic rings. The summed E-state index contributed by atoms with van der Waals surface area (Å²) >= 11 is 0. The van der Waals surface area contributed by atoms with Gasteiger partial charge in [0.05, 0.1) is 22.2 Å². The summed E-state index contributed by atoms with van der Waals surface area (Å²) in [6.45, 7) is 1.68. The second-order valence-corrected chi connectivity index (χ2v) is 14.8. The Morgan fingerprint density at radius 3 is 1.24 bits per heavy atom. The summed E-state index contributed by atoms with van der Waals surface area (Å²) in [7, 11) is 0. The highest BCUT2D eigenvalue weighted by atomic mass is 14.9. The Morgan fingerprint density at radius 1 is 0.340 bits per heavy atom. The number of hydrogen-bond acceptors (Lipinski definition) is 2. The molecule has 2 heterocycles. The van der Waals surface area contributed by atoms with Gasteiger partial charge in [-0.1, -0.05) is 133 Å². The molecule has 0 fully saturated rings. The molecule has 0 saturated carbocycles. The van der Waals surface area contributed by atoms with Crippen LogP contribution in [0.5, 0.6) is 0 Å². The van der Waals surface area contributed by atoms with Crippen molar-refractivity contribution in [1.29, 1.82) is 0 Å². The fourth-order valence-corrected chi connectivity index (χ4v) is 11.4. The summed E-state index contributed by atoms with van der Waals surface area (Å²) in [5.74, 6) is 0. The Balaban J connectivity index is 1.31. The van der Waals surface area contributed by atoms with Gasteiger partial charge in [-0.05, 0) is 89.7 Å². The van der Waals surface area contributed by atoms with Crippen molar-refractivity contribution < 1.29 is 0 Å². The molecule has 8 aromatic carbocycles. The molecule has 0 saturated heterocycles. The molecule has 0 unspecified atom stereocenters. The van der Waals surface area contributed by atoms with Crippen molar-refractivity contribution in [2.24, 2.45) is 0 Å². The Hall–Kier alpha value is -6.12. The Kier molecular flexibility index (Phi) is 4.41. The Bertz CT molecular complexity index is 2750. The van der Waals surface area contributed by atoms with Crippen LogP contribution in [-0.2, 0) is 23.9 Å². The molecule has 2 nitrogen and oxygen atoms in total. The van der Waals surface area contributed by atoms with Gasteiger partial charge in [-0.25, -0.2) is 0 Å². The minimum absolute atomic E-state index is 0.450. The molecular weight excluding hydrogens is 605 g/mol. The van der Waals surface area contributed by atoms with E-state index in [0.29, 0.717) is 0 Å². The smallest absolute Gasteiger partial charge is 0.0648 e. The molecule has 13 rings (SSSR count). The first-order valence-electron chi connectivity index (χ1n) is 17.9. The topological polar surface area (TPSA) is 24.1 Å². The molecule has 0 amide bonds. The van der Waals surface area contributed by atoms with Crippen molar-refractivity contribution in [3.05, 3.63) is 190 Å². The van der Waals surface area contributed by atoms with Crippen molar-refractivity contribution in [3.8, 4) is 33.4 Å². The van der Waals surface area contributed by atoms with E-state index in [0.717, 1.165) is 13.1 Å². The largest absolute Gasteiger partial charge is 0.380 e. The lowest BCUT2D eigenvalue weighted by Gasteiger charge is -2.50. The molecule has 3 aliphatic carbocycles. The maximum Gasteiger partial charge on any atom is 0.0648 e. The first-order valence-corrected chi connectivity index (χ1v) is 17.9. The molecule has 2 N–H and O–H groups in total. The lowest BCUT2D eigenvalue weighted by atomic mass is 9.50. The highest BCUT2D eigenvalue weighted by molar-refractivity contribution is 6.17. The van der Waals surface area contributed by atoms with Crippen LogP contribution in [0.25, 0.3) is 54.9 Å². The summed E-state index contributed by atoms with van der Waals surface area (Å²) in [4.78, 5) is 0. The van der Waals surface area contributed by atoms with E-state index in [-0.39, 0.29) is 0 Å². The van der Waals surface area contributed by atoms with E-state index in [1.807, 2.05) is 0 Å². The van der Waals surface area contributed by atoms with Crippen LogP contribution in [0, 0.1) is 0 Å². The third-order valence-electron chi connectivity index (χ3n) is 13.0. The standard InChI is InChI=1S/C48H30N2/c1-3-13-29-27(11-1)25-49-45-33-17-9-21-39-43(33)41(23-35(29)45)48-38-20-8-6-16-32(38)31-15-5-7-19-37(31)47(39,48)40-22-10-18-34-44(40)42(48)24-36-30-14-4-2-12-28(30)26-50-46(34)36/h1-24,49-50H,25-26H2. The van der Waals surface area contributed by atoms with Gasteiger partial charge in [0.1, 0.15) is 0 Å². The fourth-order valence-electron chi connectivity index (χ4n) is 11.4. The number of rotatable bonds is 0. The van der Waals surface area contributed by atoms with Crippen LogP contribution in [0.2, 0.25) is 0 Å². The number of fused-ring (bicyclic) bond motifs is 11. The van der Waals surface area contributed by atoms with Crippen molar-refractivity contribution in [2.75, 3.05) is 10.6 Å². The molecule has 0 atom stereocenters. The lowest BCUT2D eigenvalue weighted by molar-refractivity contribution is 0.461. The molecule has 0 radical (unpaired) electrons. The van der Waals surface area contributed by atoms with E-state index in [1.165, 1.54) is 111 Å². The fraction of sp³-hybridized carbons (Fsp3) is 0.0833. The zero-order valence-corrected chi connectivity index (χ0v) is 27.3. The number of benzene rings is 8. The van der Waals surface area contributed by atoms with Crippen molar-refractivity contribution in [3.63, 3.8) is 0 Å². The molecule has 0 aromatic heterocycles. The van der Waals surface area contributed by atoms with E-state index in [9.17, 15) is 0 Å². The van der Waals surface area contributed by atoms with Gasteiger partial charge in [0.15, 0.2) is 0 Å². The van der Waals surface area contributed by atoms with Crippen molar-refractivity contribution in [1.82, 2.24) is 0 Å². The van der Waals surface area contributed by atoms with E-state index in [2.05, 4.69) is 156 Å². The van der Waals surface area contributed by atoms with Gasteiger partial charge in [0.2, 0.25) is 0 Å². The zero-order chi connectivity index (χ0) is 32.3. The predicted molar refractivity (Wildman–Crippen MR) is 205 cm³/mol. The monoisotopic (exact) mass is 634 g/mol. The van der Waals surface area contributed by atoms with Crippen LogP contribution in [0.4, 0.5) is 11.4 Å². The van der Waals surface area contributed by atoms with Crippen LogP contribution in [-0.4, -0.2) is 0 Å². The minimum Gasteiger partial charge on any atom is -0.380 e. The van der Waals surface area contributed by atoms with Gasteiger partial charge in [-0.15, -0.1) is 0 Å². The molecule has 2 aliphatic heterocycles. The number of anilines is 2. The third-order valence-corrected chi connectivity index (χ3v) is 13.0.